The molecule has 3 rings (SSSR count). The molecule has 2 heterocycles. The first-order valence-electron chi connectivity index (χ1n) is 8.86. The van der Waals surface area contributed by atoms with Gasteiger partial charge in [0.2, 0.25) is 5.91 Å². The zero-order valence-corrected chi connectivity index (χ0v) is 17.9. The molecule has 2 aromatic heterocycles. The molecule has 142 valence electrons. The Balaban J connectivity index is 1.75. The van der Waals surface area contributed by atoms with Gasteiger partial charge in [0, 0.05) is 27.5 Å². The van der Waals surface area contributed by atoms with Gasteiger partial charge in [0.05, 0.1) is 5.75 Å². The molecule has 1 aromatic carbocycles. The molecule has 0 spiro atoms. The van der Waals surface area contributed by atoms with E-state index in [4.69, 9.17) is 0 Å². The Morgan fingerprint density at radius 2 is 2.04 bits per heavy atom. The molecule has 0 aliphatic carbocycles. The quantitative estimate of drug-likeness (QED) is 0.575. The fourth-order valence-electron chi connectivity index (χ4n) is 2.81. The SMILES string of the molecule is Cc1cccc(NC(=O)CSc2nnc(-c3csc(C)c3C)n2C(C)C)c1. The summed E-state index contributed by atoms with van der Waals surface area (Å²) in [6, 6.07) is 8.00. The molecule has 27 heavy (non-hydrogen) atoms. The van der Waals surface area contributed by atoms with Crippen LogP contribution in [0.4, 0.5) is 5.69 Å². The normalized spacial score (nSPS) is 11.2. The Bertz CT molecular complexity index is 959. The highest BCUT2D eigenvalue weighted by Crippen LogP contribution is 2.33. The topological polar surface area (TPSA) is 59.8 Å². The zero-order chi connectivity index (χ0) is 19.6. The summed E-state index contributed by atoms with van der Waals surface area (Å²) >= 11 is 3.14. The average molecular weight is 401 g/mol. The van der Waals surface area contributed by atoms with Gasteiger partial charge in [-0.15, -0.1) is 21.5 Å². The minimum absolute atomic E-state index is 0.0481. The number of carbonyl (C=O) groups is 1. The van der Waals surface area contributed by atoms with Crippen molar-refractivity contribution in [2.24, 2.45) is 0 Å². The Hall–Kier alpha value is -2.12. The van der Waals surface area contributed by atoms with Crippen molar-refractivity contribution in [3.63, 3.8) is 0 Å². The number of amides is 1. The summed E-state index contributed by atoms with van der Waals surface area (Å²) in [4.78, 5) is 13.6. The van der Waals surface area contributed by atoms with Crippen LogP contribution in [0.5, 0.6) is 0 Å². The van der Waals surface area contributed by atoms with Crippen LogP contribution in [0.15, 0.2) is 34.8 Å². The lowest BCUT2D eigenvalue weighted by Crippen LogP contribution is -2.15. The summed E-state index contributed by atoms with van der Waals surface area (Å²) in [6.07, 6.45) is 0. The van der Waals surface area contributed by atoms with Gasteiger partial charge in [-0.3, -0.25) is 9.36 Å². The summed E-state index contributed by atoms with van der Waals surface area (Å²) in [5.74, 6) is 1.11. The second kappa shape index (κ2) is 8.27. The summed E-state index contributed by atoms with van der Waals surface area (Å²) < 4.78 is 2.11. The lowest BCUT2D eigenvalue weighted by molar-refractivity contribution is -0.113. The monoisotopic (exact) mass is 400 g/mol. The van der Waals surface area contributed by atoms with Crippen LogP contribution >= 0.6 is 23.1 Å². The summed E-state index contributed by atoms with van der Waals surface area (Å²) in [6.45, 7) is 10.5. The highest BCUT2D eigenvalue weighted by molar-refractivity contribution is 7.99. The van der Waals surface area contributed by atoms with Crippen molar-refractivity contribution in [3.05, 3.63) is 45.6 Å². The highest BCUT2D eigenvalue weighted by atomic mass is 32.2. The van der Waals surface area contributed by atoms with Crippen LogP contribution in [0.1, 0.15) is 35.9 Å². The first kappa shape index (κ1) is 19.6. The van der Waals surface area contributed by atoms with Crippen LogP contribution in [-0.4, -0.2) is 26.4 Å². The van der Waals surface area contributed by atoms with E-state index in [1.54, 1.807) is 11.3 Å². The van der Waals surface area contributed by atoms with Gasteiger partial charge in [-0.25, -0.2) is 0 Å². The molecule has 3 aromatic rings. The first-order valence-corrected chi connectivity index (χ1v) is 10.7. The van der Waals surface area contributed by atoms with Crippen LogP contribution < -0.4 is 5.32 Å². The van der Waals surface area contributed by atoms with E-state index in [1.807, 2.05) is 31.2 Å². The maximum absolute atomic E-state index is 12.3. The van der Waals surface area contributed by atoms with Gasteiger partial charge >= 0.3 is 0 Å². The van der Waals surface area contributed by atoms with Gasteiger partial charge in [-0.2, -0.15) is 0 Å². The van der Waals surface area contributed by atoms with Crippen molar-refractivity contribution in [1.82, 2.24) is 14.8 Å². The fourth-order valence-corrected chi connectivity index (χ4v) is 4.54. The van der Waals surface area contributed by atoms with E-state index in [9.17, 15) is 4.79 Å². The lowest BCUT2D eigenvalue weighted by atomic mass is 10.1. The van der Waals surface area contributed by atoms with Gasteiger partial charge in [0.15, 0.2) is 11.0 Å². The molecule has 5 nitrogen and oxygen atoms in total. The smallest absolute Gasteiger partial charge is 0.234 e. The molecule has 0 fully saturated rings. The van der Waals surface area contributed by atoms with Crippen LogP contribution in [0.3, 0.4) is 0 Å². The maximum atomic E-state index is 12.3. The van der Waals surface area contributed by atoms with Crippen molar-refractivity contribution in [2.75, 3.05) is 11.1 Å². The number of thiophene rings is 1. The molecular weight excluding hydrogens is 376 g/mol. The number of nitrogens with zero attached hydrogens (tertiary/aromatic N) is 3. The Labute approximate surface area is 168 Å². The molecule has 1 amide bonds. The van der Waals surface area contributed by atoms with E-state index in [0.717, 1.165) is 27.8 Å². The largest absolute Gasteiger partial charge is 0.325 e. The van der Waals surface area contributed by atoms with Gasteiger partial charge in [0.1, 0.15) is 0 Å². The standard InChI is InChI=1S/C20H24N4OS2/c1-12(2)24-19(17-10-26-15(5)14(17)4)22-23-20(24)27-11-18(25)21-16-8-6-7-13(3)9-16/h6-10,12H,11H2,1-5H3,(H,21,25). The second-order valence-electron chi connectivity index (χ2n) is 6.81. The average Bonchev–Trinajstić information content (AvgIpc) is 3.17. The number of aromatic nitrogens is 3. The number of carbonyl (C=O) groups excluding carboxylic acids is 1. The van der Waals surface area contributed by atoms with Crippen molar-refractivity contribution < 1.29 is 4.79 Å². The van der Waals surface area contributed by atoms with Gasteiger partial charge < -0.3 is 5.32 Å². The number of anilines is 1. The molecule has 0 radical (unpaired) electrons. The molecule has 0 bridgehead atoms. The van der Waals surface area contributed by atoms with Crippen LogP contribution in [-0.2, 0) is 4.79 Å². The number of benzene rings is 1. The van der Waals surface area contributed by atoms with E-state index < -0.39 is 0 Å². The Kier molecular flexibility index (Phi) is 6.01. The van der Waals surface area contributed by atoms with E-state index in [1.165, 1.54) is 22.2 Å². The van der Waals surface area contributed by atoms with E-state index in [2.05, 4.69) is 53.2 Å². The summed E-state index contributed by atoms with van der Waals surface area (Å²) in [5, 5.41) is 14.6. The van der Waals surface area contributed by atoms with Crippen molar-refractivity contribution >= 4 is 34.7 Å². The number of nitrogens with one attached hydrogen (secondary N) is 1. The van der Waals surface area contributed by atoms with Crippen molar-refractivity contribution in [1.29, 1.82) is 0 Å². The number of hydrogen-bond donors (Lipinski definition) is 1. The maximum Gasteiger partial charge on any atom is 0.234 e. The second-order valence-corrected chi connectivity index (χ2v) is 8.83. The first-order chi connectivity index (χ1) is 12.9. The van der Waals surface area contributed by atoms with E-state index in [0.29, 0.717) is 5.75 Å². The minimum Gasteiger partial charge on any atom is -0.325 e. The number of aryl methyl sites for hydroxylation is 2. The lowest BCUT2D eigenvalue weighted by Gasteiger charge is -2.13. The summed E-state index contributed by atoms with van der Waals surface area (Å²) in [7, 11) is 0. The molecule has 0 unspecified atom stereocenters. The summed E-state index contributed by atoms with van der Waals surface area (Å²) in [5.41, 5.74) is 4.29. The molecule has 1 N–H and O–H groups in total. The predicted octanol–water partition coefficient (Wildman–Crippen LogP) is 5.24. The van der Waals surface area contributed by atoms with Crippen molar-refractivity contribution in [3.8, 4) is 11.4 Å². The van der Waals surface area contributed by atoms with E-state index >= 15 is 0 Å². The van der Waals surface area contributed by atoms with Crippen LogP contribution in [0, 0.1) is 20.8 Å². The molecule has 7 heteroatoms. The third-order valence-corrected chi connectivity index (χ3v) is 6.30. The number of thioether (sulfide) groups is 1. The fraction of sp³-hybridized carbons (Fsp3) is 0.350. The molecule has 0 saturated carbocycles. The Morgan fingerprint density at radius 3 is 2.67 bits per heavy atom. The van der Waals surface area contributed by atoms with Gasteiger partial charge in [-0.05, 0) is 57.9 Å². The highest BCUT2D eigenvalue weighted by Gasteiger charge is 2.20. The minimum atomic E-state index is -0.0481. The van der Waals surface area contributed by atoms with Gasteiger partial charge in [0.25, 0.3) is 0 Å². The third-order valence-electron chi connectivity index (χ3n) is 4.34. The number of hydrogen-bond acceptors (Lipinski definition) is 5. The number of rotatable bonds is 6. The molecule has 0 saturated heterocycles. The van der Waals surface area contributed by atoms with E-state index in [-0.39, 0.29) is 11.9 Å². The third kappa shape index (κ3) is 4.42. The Morgan fingerprint density at radius 1 is 1.26 bits per heavy atom. The molecule has 0 aliphatic heterocycles. The molecular formula is C20H24N4OS2. The zero-order valence-electron chi connectivity index (χ0n) is 16.2. The van der Waals surface area contributed by atoms with Crippen LogP contribution in [0.2, 0.25) is 0 Å². The van der Waals surface area contributed by atoms with Crippen LogP contribution in [0.25, 0.3) is 11.4 Å². The molecule has 0 aliphatic rings. The molecule has 0 atom stereocenters. The van der Waals surface area contributed by atoms with Crippen molar-refractivity contribution in [2.45, 2.75) is 45.8 Å². The predicted molar refractivity (Wildman–Crippen MR) is 114 cm³/mol. The van der Waals surface area contributed by atoms with Gasteiger partial charge in [-0.1, -0.05) is 23.9 Å².